The molecule has 2 aliphatic heterocycles. The third-order valence-corrected chi connectivity index (χ3v) is 9.89. The molecule has 9 nitrogen and oxygen atoms in total. The molecule has 3 fully saturated rings. The number of para-hydroxylation sites is 1. The average Bonchev–Trinajstić information content (AvgIpc) is 3.07. The maximum Gasteiger partial charge on any atom is 0.321 e. The molecule has 2 saturated heterocycles. The Bertz CT molecular complexity index is 1250. The first-order chi connectivity index (χ1) is 21.8. The predicted molar refractivity (Wildman–Crippen MR) is 180 cm³/mol. The fourth-order valence-corrected chi connectivity index (χ4v) is 7.24. The zero-order valence-electron chi connectivity index (χ0n) is 26.8. The van der Waals surface area contributed by atoms with Crippen LogP contribution in [0, 0.1) is 0 Å². The number of piperidine rings is 2. The number of hydrogen-bond acceptors (Lipinski definition) is 4. The van der Waals surface area contributed by atoms with Gasteiger partial charge in [-0.2, -0.15) is 0 Å². The Labute approximate surface area is 273 Å². The second-order valence-corrected chi connectivity index (χ2v) is 13.5. The summed E-state index contributed by atoms with van der Waals surface area (Å²) in [6.45, 7) is 2.54. The highest BCUT2D eigenvalue weighted by molar-refractivity contribution is 6.30. The second-order valence-electron chi connectivity index (χ2n) is 13.0. The molecule has 1 saturated carbocycles. The number of anilines is 1. The third-order valence-electron chi connectivity index (χ3n) is 9.64. The molecule has 10 heteroatoms. The number of benzene rings is 2. The van der Waals surface area contributed by atoms with Gasteiger partial charge < -0.3 is 30.2 Å². The Hall–Kier alpha value is -3.30. The van der Waals surface area contributed by atoms with Crippen molar-refractivity contribution in [2.45, 2.75) is 88.4 Å². The van der Waals surface area contributed by atoms with Gasteiger partial charge in [0.05, 0.1) is 6.04 Å². The van der Waals surface area contributed by atoms with Crippen LogP contribution in [0.25, 0.3) is 0 Å². The lowest BCUT2D eigenvalue weighted by atomic mass is 9.91. The van der Waals surface area contributed by atoms with Crippen molar-refractivity contribution in [2.24, 2.45) is 0 Å². The molecule has 0 bridgehead atoms. The number of halogens is 1. The van der Waals surface area contributed by atoms with Crippen LogP contribution in [0.4, 0.5) is 15.3 Å². The van der Waals surface area contributed by atoms with Crippen LogP contribution in [0.5, 0.6) is 0 Å². The number of amides is 5. The fraction of sp³-hybridized carbons (Fsp3) is 0.571. The van der Waals surface area contributed by atoms with Gasteiger partial charge in [-0.15, -0.1) is 0 Å². The monoisotopic (exact) mass is 636 g/mol. The number of carbonyl (C=O) groups excluding carboxylic acids is 3. The summed E-state index contributed by atoms with van der Waals surface area (Å²) in [5.41, 5.74) is 1.84. The summed E-state index contributed by atoms with van der Waals surface area (Å²) in [6.07, 6.45) is 9.44. The van der Waals surface area contributed by atoms with E-state index in [4.69, 9.17) is 11.6 Å². The van der Waals surface area contributed by atoms with Crippen molar-refractivity contribution in [2.75, 3.05) is 45.6 Å². The summed E-state index contributed by atoms with van der Waals surface area (Å²) in [7, 11) is 3.67. The van der Waals surface area contributed by atoms with Gasteiger partial charge in [0.1, 0.15) is 0 Å². The van der Waals surface area contributed by atoms with Gasteiger partial charge in [0.15, 0.2) is 0 Å². The first kappa shape index (κ1) is 33.1. The van der Waals surface area contributed by atoms with Gasteiger partial charge in [0.25, 0.3) is 0 Å². The highest BCUT2D eigenvalue weighted by Gasteiger charge is 2.37. The molecule has 5 amide bonds. The molecule has 2 N–H and O–H groups in total. The number of likely N-dealkylation sites (tertiary alicyclic amines) is 2. The molecule has 45 heavy (non-hydrogen) atoms. The van der Waals surface area contributed by atoms with Crippen molar-refractivity contribution in [3.8, 4) is 0 Å². The largest absolute Gasteiger partial charge is 0.341 e. The predicted octanol–water partition coefficient (Wildman–Crippen LogP) is 5.84. The summed E-state index contributed by atoms with van der Waals surface area (Å²) in [5, 5.41) is 7.34. The Morgan fingerprint density at radius 3 is 2.02 bits per heavy atom. The van der Waals surface area contributed by atoms with Gasteiger partial charge in [0.2, 0.25) is 5.91 Å². The smallest absolute Gasteiger partial charge is 0.321 e. The van der Waals surface area contributed by atoms with Crippen LogP contribution in [0.2, 0.25) is 5.02 Å². The molecule has 0 unspecified atom stereocenters. The molecule has 0 aromatic heterocycles. The van der Waals surface area contributed by atoms with Crippen LogP contribution in [-0.2, 0) is 11.2 Å². The van der Waals surface area contributed by atoms with Gasteiger partial charge in [-0.1, -0.05) is 61.2 Å². The maximum absolute atomic E-state index is 14.1. The fourth-order valence-electron chi connectivity index (χ4n) is 7.12. The van der Waals surface area contributed by atoms with E-state index in [1.54, 1.807) is 4.90 Å². The number of hydrogen-bond donors (Lipinski definition) is 2. The molecular formula is C35H49ClN6O3. The van der Waals surface area contributed by atoms with E-state index in [2.05, 4.69) is 15.5 Å². The maximum atomic E-state index is 14.1. The second kappa shape index (κ2) is 15.8. The minimum absolute atomic E-state index is 0.0914. The van der Waals surface area contributed by atoms with Gasteiger partial charge in [-0.3, -0.25) is 4.79 Å². The van der Waals surface area contributed by atoms with Crippen LogP contribution in [0.15, 0.2) is 54.6 Å². The number of rotatable bonds is 8. The van der Waals surface area contributed by atoms with E-state index in [1.165, 1.54) is 19.3 Å². The quantitative estimate of drug-likeness (QED) is 0.381. The lowest BCUT2D eigenvalue weighted by molar-refractivity contribution is -0.135. The van der Waals surface area contributed by atoms with E-state index in [0.717, 1.165) is 49.8 Å². The molecule has 5 rings (SSSR count). The van der Waals surface area contributed by atoms with Crippen LogP contribution in [0.3, 0.4) is 0 Å². The first-order valence-electron chi connectivity index (χ1n) is 16.7. The van der Waals surface area contributed by atoms with Crippen molar-refractivity contribution in [3.63, 3.8) is 0 Å². The van der Waals surface area contributed by atoms with Crippen molar-refractivity contribution < 1.29 is 14.4 Å². The SMILES string of the molecule is CN(C)C(=O)N(C1CCCCC1)C1CCN(C(=O)[C@@H](Cc2ccc(Cl)cc2)NC2CCN(C(=O)Nc3ccccc3)CC2)CC1. The molecule has 0 spiro atoms. The summed E-state index contributed by atoms with van der Waals surface area (Å²) >= 11 is 6.16. The molecule has 2 heterocycles. The van der Waals surface area contributed by atoms with Gasteiger partial charge in [0, 0.05) is 69.1 Å². The van der Waals surface area contributed by atoms with E-state index < -0.39 is 0 Å². The Morgan fingerprint density at radius 1 is 0.800 bits per heavy atom. The first-order valence-corrected chi connectivity index (χ1v) is 17.1. The Balaban J connectivity index is 1.20. The van der Waals surface area contributed by atoms with Crippen LogP contribution >= 0.6 is 11.6 Å². The van der Waals surface area contributed by atoms with Crippen LogP contribution in [0.1, 0.15) is 63.4 Å². The molecule has 3 aliphatic rings. The molecule has 1 atom stereocenters. The lowest BCUT2D eigenvalue weighted by Crippen LogP contribution is -2.58. The highest BCUT2D eigenvalue weighted by Crippen LogP contribution is 2.29. The molecule has 2 aromatic rings. The molecular weight excluding hydrogens is 588 g/mol. The van der Waals surface area contributed by atoms with Gasteiger partial charge in [-0.25, -0.2) is 9.59 Å². The summed E-state index contributed by atoms with van der Waals surface area (Å²) in [4.78, 5) is 47.9. The average molecular weight is 637 g/mol. The number of urea groups is 2. The van der Waals surface area contributed by atoms with Gasteiger partial charge >= 0.3 is 12.1 Å². The molecule has 244 valence electrons. The van der Waals surface area contributed by atoms with Crippen molar-refractivity contribution >= 4 is 35.3 Å². The molecule has 2 aromatic carbocycles. The van der Waals surface area contributed by atoms with Crippen LogP contribution < -0.4 is 10.6 Å². The zero-order chi connectivity index (χ0) is 31.8. The Kier molecular flexibility index (Phi) is 11.6. The topological polar surface area (TPSA) is 88.2 Å². The van der Waals surface area contributed by atoms with E-state index in [0.29, 0.717) is 43.7 Å². The zero-order valence-corrected chi connectivity index (χ0v) is 27.6. The van der Waals surface area contributed by atoms with Crippen molar-refractivity contribution in [1.29, 1.82) is 0 Å². The minimum atomic E-state index is -0.379. The number of nitrogens with one attached hydrogen (secondary N) is 2. The number of carbonyl (C=O) groups is 3. The van der Waals surface area contributed by atoms with E-state index in [-0.39, 0.29) is 36.1 Å². The third kappa shape index (κ3) is 8.91. The van der Waals surface area contributed by atoms with Crippen LogP contribution in [-0.4, -0.2) is 102 Å². The minimum Gasteiger partial charge on any atom is -0.341 e. The van der Waals surface area contributed by atoms with Gasteiger partial charge in [-0.05, 0) is 74.8 Å². The van der Waals surface area contributed by atoms with E-state index in [1.807, 2.05) is 78.5 Å². The van der Waals surface area contributed by atoms with Crippen molar-refractivity contribution in [1.82, 2.24) is 24.9 Å². The lowest BCUT2D eigenvalue weighted by Gasteiger charge is -2.45. The normalized spacial score (nSPS) is 19.2. The molecule has 0 radical (unpaired) electrons. The van der Waals surface area contributed by atoms with E-state index >= 15 is 0 Å². The highest BCUT2D eigenvalue weighted by atomic mass is 35.5. The van der Waals surface area contributed by atoms with E-state index in [9.17, 15) is 14.4 Å². The Morgan fingerprint density at radius 2 is 1.40 bits per heavy atom. The standard InChI is InChI=1S/C35H49ClN6O3/c1-39(2)35(45)42(30-11-7-4-8-12-30)31-19-23-40(24-20-31)33(43)32(25-26-13-15-27(36)16-14-26)37-29-17-21-41(22-18-29)34(44)38-28-9-5-3-6-10-28/h3,5-6,9-10,13-16,29-32,37H,4,7-8,11-12,17-25H2,1-2H3,(H,38,44)/t32-/m1/s1. The molecule has 1 aliphatic carbocycles. The van der Waals surface area contributed by atoms with Crippen molar-refractivity contribution in [3.05, 3.63) is 65.2 Å². The summed E-state index contributed by atoms with van der Waals surface area (Å²) in [6, 6.07) is 17.4. The number of nitrogens with zero attached hydrogens (tertiary/aromatic N) is 4. The summed E-state index contributed by atoms with van der Waals surface area (Å²) in [5.74, 6) is 0.107. The summed E-state index contributed by atoms with van der Waals surface area (Å²) < 4.78 is 0.